The van der Waals surface area contributed by atoms with Gasteiger partial charge in [0, 0.05) is 44.3 Å². The first-order valence-corrected chi connectivity index (χ1v) is 12.7. The number of nitrogens with zero attached hydrogens (tertiary/aromatic N) is 2. The van der Waals surface area contributed by atoms with E-state index in [1.165, 1.54) is 24.9 Å². The second kappa shape index (κ2) is 9.35. The summed E-state index contributed by atoms with van der Waals surface area (Å²) in [7, 11) is 5.60. The zero-order valence-electron chi connectivity index (χ0n) is 20.8. The van der Waals surface area contributed by atoms with E-state index >= 15 is 0 Å². The molecule has 0 radical (unpaired) electrons. The minimum Gasteiger partial charge on any atom is -0.497 e. The highest BCUT2D eigenvalue weighted by molar-refractivity contribution is 5.94. The molecule has 2 aromatic rings. The molecule has 34 heavy (non-hydrogen) atoms. The number of methoxy groups -OCH3 is 2. The third-order valence-corrected chi connectivity index (χ3v) is 8.79. The highest BCUT2D eigenvalue weighted by Gasteiger charge is 2.59. The highest BCUT2D eigenvalue weighted by atomic mass is 16.5. The lowest BCUT2D eigenvalue weighted by molar-refractivity contribution is -0.153. The molecule has 1 aliphatic heterocycles. The fourth-order valence-corrected chi connectivity index (χ4v) is 6.59. The van der Waals surface area contributed by atoms with Crippen LogP contribution in [0.3, 0.4) is 0 Å². The number of hydrogen-bond acceptors (Lipinski definition) is 4. The summed E-state index contributed by atoms with van der Waals surface area (Å²) in [4.78, 5) is 18.0. The summed E-state index contributed by atoms with van der Waals surface area (Å²) in [5.41, 5.74) is 1.61. The van der Waals surface area contributed by atoms with E-state index in [4.69, 9.17) is 9.47 Å². The van der Waals surface area contributed by atoms with Gasteiger partial charge in [-0.3, -0.25) is 4.79 Å². The van der Waals surface area contributed by atoms with Crippen LogP contribution in [0, 0.1) is 5.92 Å². The molecule has 3 atom stereocenters. The van der Waals surface area contributed by atoms with Gasteiger partial charge in [0.2, 0.25) is 0 Å². The smallest absolute Gasteiger partial charge is 0.253 e. The Morgan fingerprint density at radius 3 is 2.56 bits per heavy atom. The summed E-state index contributed by atoms with van der Waals surface area (Å²) >= 11 is 0. The number of likely N-dealkylation sites (tertiary alicyclic amines) is 1. The van der Waals surface area contributed by atoms with Crippen molar-refractivity contribution in [3.8, 4) is 5.75 Å². The largest absolute Gasteiger partial charge is 0.497 e. The number of carbonyl (C=O) groups is 1. The quantitative estimate of drug-likeness (QED) is 0.595. The van der Waals surface area contributed by atoms with E-state index in [1.54, 1.807) is 7.11 Å². The number of fused-ring (bicyclic) bond motifs is 1. The van der Waals surface area contributed by atoms with Gasteiger partial charge >= 0.3 is 0 Å². The van der Waals surface area contributed by atoms with Gasteiger partial charge in [0.05, 0.1) is 12.7 Å². The molecule has 5 nitrogen and oxygen atoms in total. The number of amides is 1. The lowest BCUT2D eigenvalue weighted by atomic mass is 9.55. The van der Waals surface area contributed by atoms with E-state index in [2.05, 4.69) is 23.1 Å². The van der Waals surface area contributed by atoms with Crippen LogP contribution in [0.5, 0.6) is 5.75 Å². The Balaban J connectivity index is 1.49. The van der Waals surface area contributed by atoms with E-state index in [1.807, 2.05) is 55.5 Å². The third kappa shape index (κ3) is 4.14. The van der Waals surface area contributed by atoms with Gasteiger partial charge < -0.3 is 19.3 Å². The third-order valence-electron chi connectivity index (χ3n) is 8.79. The van der Waals surface area contributed by atoms with Crippen molar-refractivity contribution in [1.29, 1.82) is 0 Å². The minimum atomic E-state index is -0.264. The summed E-state index contributed by atoms with van der Waals surface area (Å²) in [5.74, 6) is 1.85. The zero-order chi connectivity index (χ0) is 23.8. The molecule has 2 aliphatic carbocycles. The molecule has 1 heterocycles. The molecule has 0 unspecified atom stereocenters. The molecule has 1 saturated heterocycles. The number of rotatable bonds is 7. The van der Waals surface area contributed by atoms with E-state index in [0.717, 1.165) is 56.0 Å². The standard InChI is InChI=1S/C29H38N2O3/c1-30(27(32)23-8-5-4-6-9-23)25-14-15-29(34-3)21-31(20-22-12-13-22)17-16-28(29,19-25)24-10-7-11-26(18-24)33-2/h4-11,18,22,25H,12-17,19-21H2,1-3H3/t25-,28+,29+/m1/s1. The Hall–Kier alpha value is -2.37. The van der Waals surface area contributed by atoms with E-state index in [-0.39, 0.29) is 23.0 Å². The molecule has 182 valence electrons. The SMILES string of the molecule is COc1cccc([C@@]23CCN(CC4CC4)C[C@@]2(OC)CC[C@@H](N(C)C(=O)c2ccccc2)C3)c1. The molecule has 1 amide bonds. The minimum absolute atomic E-state index is 0.0995. The Labute approximate surface area is 204 Å². The van der Waals surface area contributed by atoms with Crippen LogP contribution in [0.4, 0.5) is 0 Å². The summed E-state index contributed by atoms with van der Waals surface area (Å²) in [6.07, 6.45) is 6.56. The van der Waals surface area contributed by atoms with Gasteiger partial charge in [0.25, 0.3) is 5.91 Å². The molecule has 5 rings (SSSR count). The average molecular weight is 463 g/mol. The Kier molecular flexibility index (Phi) is 6.43. The normalized spacial score (nSPS) is 29.3. The van der Waals surface area contributed by atoms with Crippen LogP contribution < -0.4 is 4.74 Å². The Morgan fingerprint density at radius 2 is 1.85 bits per heavy atom. The van der Waals surface area contributed by atoms with Gasteiger partial charge in [-0.15, -0.1) is 0 Å². The van der Waals surface area contributed by atoms with Crippen LogP contribution in [-0.4, -0.2) is 68.3 Å². The van der Waals surface area contributed by atoms with Crippen molar-refractivity contribution in [2.24, 2.45) is 5.92 Å². The van der Waals surface area contributed by atoms with Crippen molar-refractivity contribution in [1.82, 2.24) is 9.80 Å². The van der Waals surface area contributed by atoms with E-state index < -0.39 is 0 Å². The maximum atomic E-state index is 13.3. The summed E-state index contributed by atoms with van der Waals surface area (Å²) in [6.45, 7) is 3.22. The molecule has 3 fully saturated rings. The van der Waals surface area contributed by atoms with Crippen molar-refractivity contribution in [3.05, 3.63) is 65.7 Å². The van der Waals surface area contributed by atoms with Crippen molar-refractivity contribution in [2.75, 3.05) is 40.9 Å². The van der Waals surface area contributed by atoms with Crippen LogP contribution in [0.25, 0.3) is 0 Å². The lowest BCUT2D eigenvalue weighted by Gasteiger charge is -2.60. The monoisotopic (exact) mass is 462 g/mol. The van der Waals surface area contributed by atoms with Crippen LogP contribution in [0.1, 0.15) is 54.4 Å². The summed E-state index contributed by atoms with van der Waals surface area (Å²) in [5, 5.41) is 0. The average Bonchev–Trinajstić information content (AvgIpc) is 3.72. The van der Waals surface area contributed by atoms with Crippen molar-refractivity contribution >= 4 is 5.91 Å². The van der Waals surface area contributed by atoms with Crippen molar-refractivity contribution < 1.29 is 14.3 Å². The van der Waals surface area contributed by atoms with Gasteiger partial charge in [-0.25, -0.2) is 0 Å². The van der Waals surface area contributed by atoms with Crippen molar-refractivity contribution in [3.63, 3.8) is 0 Å². The van der Waals surface area contributed by atoms with E-state index in [0.29, 0.717) is 0 Å². The topological polar surface area (TPSA) is 42.0 Å². The number of carbonyl (C=O) groups excluding carboxylic acids is 1. The lowest BCUT2D eigenvalue weighted by Crippen LogP contribution is -2.68. The molecule has 3 aliphatic rings. The Bertz CT molecular complexity index is 1010. The van der Waals surface area contributed by atoms with Gasteiger partial charge in [-0.05, 0) is 80.8 Å². The second-order valence-electron chi connectivity index (χ2n) is 10.6. The number of hydrogen-bond donors (Lipinski definition) is 0. The number of ether oxygens (including phenoxy) is 2. The number of piperidine rings is 1. The number of benzene rings is 2. The zero-order valence-corrected chi connectivity index (χ0v) is 20.8. The molecular weight excluding hydrogens is 424 g/mol. The molecule has 5 heteroatoms. The van der Waals surface area contributed by atoms with Crippen LogP contribution in [-0.2, 0) is 10.2 Å². The first-order chi connectivity index (χ1) is 16.5. The van der Waals surface area contributed by atoms with Gasteiger partial charge in [0.15, 0.2) is 0 Å². The maximum absolute atomic E-state index is 13.3. The summed E-state index contributed by atoms with van der Waals surface area (Å²) in [6, 6.07) is 18.4. The van der Waals surface area contributed by atoms with Crippen LogP contribution in [0.2, 0.25) is 0 Å². The molecule has 0 spiro atoms. The van der Waals surface area contributed by atoms with Crippen LogP contribution >= 0.6 is 0 Å². The fourth-order valence-electron chi connectivity index (χ4n) is 6.59. The van der Waals surface area contributed by atoms with E-state index in [9.17, 15) is 4.79 Å². The van der Waals surface area contributed by atoms with Gasteiger partial charge in [-0.1, -0.05) is 30.3 Å². The predicted octanol–water partition coefficient (Wildman–Crippen LogP) is 4.76. The first-order valence-electron chi connectivity index (χ1n) is 12.7. The second-order valence-corrected chi connectivity index (χ2v) is 10.6. The van der Waals surface area contributed by atoms with Gasteiger partial charge in [-0.2, -0.15) is 0 Å². The summed E-state index contributed by atoms with van der Waals surface area (Å²) < 4.78 is 12.2. The maximum Gasteiger partial charge on any atom is 0.253 e. The molecule has 0 bridgehead atoms. The fraction of sp³-hybridized carbons (Fsp3) is 0.552. The van der Waals surface area contributed by atoms with Crippen LogP contribution in [0.15, 0.2) is 54.6 Å². The predicted molar refractivity (Wildman–Crippen MR) is 134 cm³/mol. The molecule has 0 N–H and O–H groups in total. The van der Waals surface area contributed by atoms with Crippen molar-refractivity contribution in [2.45, 2.75) is 55.6 Å². The molecule has 0 aromatic heterocycles. The van der Waals surface area contributed by atoms with Gasteiger partial charge in [0.1, 0.15) is 5.75 Å². The molecular formula is C29H38N2O3. The highest BCUT2D eigenvalue weighted by Crippen LogP contribution is 2.54. The first kappa shape index (κ1) is 23.4. The molecule has 2 aromatic carbocycles. The molecule has 2 saturated carbocycles. The Morgan fingerprint density at radius 1 is 1.06 bits per heavy atom.